The van der Waals surface area contributed by atoms with Crippen LogP contribution in [0.25, 0.3) is 0 Å². The third-order valence-corrected chi connectivity index (χ3v) is 5.19. The van der Waals surface area contributed by atoms with Crippen molar-refractivity contribution >= 4 is 11.6 Å². The molecule has 0 spiro atoms. The number of hydrazine groups is 1. The van der Waals surface area contributed by atoms with Crippen molar-refractivity contribution in [2.75, 3.05) is 18.0 Å². The Labute approximate surface area is 191 Å². The molecule has 1 aromatic carbocycles. The average molecular weight is 438 g/mol. The molecule has 6 N–H and O–H groups in total. The highest BCUT2D eigenvalue weighted by molar-refractivity contribution is 5.95. The summed E-state index contributed by atoms with van der Waals surface area (Å²) in [4.78, 5) is 15.0. The van der Waals surface area contributed by atoms with E-state index in [1.165, 1.54) is 19.3 Å². The van der Waals surface area contributed by atoms with Crippen molar-refractivity contribution in [2.45, 2.75) is 52.5 Å². The Kier molecular flexibility index (Phi) is 10.1. The van der Waals surface area contributed by atoms with Gasteiger partial charge in [-0.15, -0.1) is 0 Å². The number of hydrogen-bond donors (Lipinski definition) is 5. The van der Waals surface area contributed by atoms with Crippen LogP contribution in [0.15, 0.2) is 59.7 Å². The van der Waals surface area contributed by atoms with E-state index in [-0.39, 0.29) is 11.9 Å². The minimum Gasteiger partial charge on any atom is -0.372 e. The Morgan fingerprint density at radius 3 is 2.56 bits per heavy atom. The molecule has 32 heavy (non-hydrogen) atoms. The molecule has 0 saturated carbocycles. The van der Waals surface area contributed by atoms with Crippen molar-refractivity contribution in [2.24, 2.45) is 5.73 Å². The predicted molar refractivity (Wildman–Crippen MR) is 129 cm³/mol. The second-order valence-corrected chi connectivity index (χ2v) is 7.36. The van der Waals surface area contributed by atoms with Gasteiger partial charge in [0.1, 0.15) is 5.82 Å². The van der Waals surface area contributed by atoms with Gasteiger partial charge in [-0.05, 0) is 62.1 Å². The van der Waals surface area contributed by atoms with Crippen molar-refractivity contribution in [3.8, 4) is 6.19 Å². The quantitative estimate of drug-likeness (QED) is 0.329. The van der Waals surface area contributed by atoms with E-state index in [2.05, 4.69) is 26.4 Å². The van der Waals surface area contributed by atoms with Gasteiger partial charge in [-0.3, -0.25) is 15.5 Å². The molecule has 8 heteroatoms. The summed E-state index contributed by atoms with van der Waals surface area (Å²) in [5, 5.41) is 14.5. The van der Waals surface area contributed by atoms with Crippen LogP contribution in [0.3, 0.4) is 0 Å². The first-order valence-electron chi connectivity index (χ1n) is 11.3. The van der Waals surface area contributed by atoms with Crippen molar-refractivity contribution in [3.63, 3.8) is 0 Å². The van der Waals surface area contributed by atoms with Crippen molar-refractivity contribution < 1.29 is 4.79 Å². The Morgan fingerprint density at radius 2 is 1.94 bits per heavy atom. The monoisotopic (exact) mass is 437 g/mol. The van der Waals surface area contributed by atoms with Crippen LogP contribution in [0.5, 0.6) is 0 Å². The first-order valence-corrected chi connectivity index (χ1v) is 11.3. The molecular formula is C24H35N7O. The SMILES string of the molecule is CC.CCC(N)/C=C(\NC#N)C1=CNNC(NC(=O)c2ccc(N3CCCCC3)cc2)=C1. The van der Waals surface area contributed by atoms with Gasteiger partial charge in [-0.25, -0.2) is 0 Å². The lowest BCUT2D eigenvalue weighted by molar-refractivity contribution is 0.0962. The number of benzene rings is 1. The lowest BCUT2D eigenvalue weighted by Crippen LogP contribution is -2.39. The van der Waals surface area contributed by atoms with Crippen LogP contribution in [-0.2, 0) is 0 Å². The lowest BCUT2D eigenvalue weighted by atomic mass is 10.1. The number of allylic oxidation sites excluding steroid dienone is 1. The fraction of sp³-hybridized carbons (Fsp3) is 0.417. The van der Waals surface area contributed by atoms with E-state index in [9.17, 15) is 4.79 Å². The van der Waals surface area contributed by atoms with E-state index >= 15 is 0 Å². The molecule has 1 unspecified atom stereocenters. The molecular weight excluding hydrogens is 402 g/mol. The van der Waals surface area contributed by atoms with Gasteiger partial charge in [-0.2, -0.15) is 5.26 Å². The minimum absolute atomic E-state index is 0.179. The zero-order valence-corrected chi connectivity index (χ0v) is 19.2. The van der Waals surface area contributed by atoms with Crippen molar-refractivity contribution in [3.05, 3.63) is 65.3 Å². The zero-order valence-electron chi connectivity index (χ0n) is 19.2. The molecule has 0 radical (unpaired) electrons. The summed E-state index contributed by atoms with van der Waals surface area (Å²) in [5.74, 6) is 0.263. The Hall–Kier alpha value is -3.44. The summed E-state index contributed by atoms with van der Waals surface area (Å²) in [6.07, 6.45) is 11.6. The van der Waals surface area contributed by atoms with Gasteiger partial charge >= 0.3 is 0 Å². The number of nitriles is 1. The van der Waals surface area contributed by atoms with E-state index in [0.29, 0.717) is 22.7 Å². The molecule has 1 saturated heterocycles. The van der Waals surface area contributed by atoms with E-state index in [1.54, 1.807) is 18.4 Å². The molecule has 0 aliphatic carbocycles. The van der Waals surface area contributed by atoms with Crippen LogP contribution < -0.4 is 32.1 Å². The third kappa shape index (κ3) is 7.06. The van der Waals surface area contributed by atoms with Crippen molar-refractivity contribution in [1.29, 1.82) is 5.26 Å². The van der Waals surface area contributed by atoms with Crippen molar-refractivity contribution in [1.82, 2.24) is 21.5 Å². The molecule has 2 aliphatic rings. The van der Waals surface area contributed by atoms with E-state index in [4.69, 9.17) is 11.0 Å². The van der Waals surface area contributed by atoms with Crippen LogP contribution in [0.4, 0.5) is 5.69 Å². The molecule has 2 heterocycles. The largest absolute Gasteiger partial charge is 0.372 e. The molecule has 0 aromatic heterocycles. The summed E-state index contributed by atoms with van der Waals surface area (Å²) < 4.78 is 0. The maximum absolute atomic E-state index is 12.7. The third-order valence-electron chi connectivity index (χ3n) is 5.19. The van der Waals surface area contributed by atoms with Gasteiger partial charge in [0.05, 0.1) is 5.70 Å². The molecule has 172 valence electrons. The number of carbonyl (C=O) groups is 1. The minimum atomic E-state index is -0.217. The van der Waals surface area contributed by atoms with Gasteiger partial charge in [0.15, 0.2) is 6.19 Å². The van der Waals surface area contributed by atoms with Gasteiger partial charge in [0.2, 0.25) is 0 Å². The van der Waals surface area contributed by atoms with E-state index in [0.717, 1.165) is 25.2 Å². The van der Waals surface area contributed by atoms with Crippen LogP contribution >= 0.6 is 0 Å². The molecule has 1 aromatic rings. The molecule has 1 atom stereocenters. The van der Waals surface area contributed by atoms with Gasteiger partial charge < -0.3 is 21.4 Å². The number of anilines is 1. The highest BCUT2D eigenvalue weighted by Crippen LogP contribution is 2.20. The fourth-order valence-corrected chi connectivity index (χ4v) is 3.42. The number of nitrogens with zero attached hydrogens (tertiary/aromatic N) is 2. The highest BCUT2D eigenvalue weighted by Gasteiger charge is 2.15. The number of nitrogens with two attached hydrogens (primary N) is 1. The Balaban J connectivity index is 0.00000176. The number of hydrogen-bond acceptors (Lipinski definition) is 7. The second-order valence-electron chi connectivity index (χ2n) is 7.36. The average Bonchev–Trinajstić information content (AvgIpc) is 2.85. The van der Waals surface area contributed by atoms with Gasteiger partial charge in [-0.1, -0.05) is 20.8 Å². The summed E-state index contributed by atoms with van der Waals surface area (Å²) in [5.41, 5.74) is 14.8. The second kappa shape index (κ2) is 13.1. The molecule has 2 aliphatic heterocycles. The summed E-state index contributed by atoms with van der Waals surface area (Å²) >= 11 is 0. The van der Waals surface area contributed by atoms with Crippen LogP contribution in [-0.4, -0.2) is 25.0 Å². The summed E-state index contributed by atoms with van der Waals surface area (Å²) in [6.45, 7) is 8.10. The first kappa shape index (κ1) is 24.8. The Bertz CT molecular complexity index is 875. The topological polar surface area (TPSA) is 118 Å². The number of rotatable bonds is 7. The van der Waals surface area contributed by atoms with Gasteiger partial charge in [0, 0.05) is 42.2 Å². The number of piperidine rings is 1. The smallest absolute Gasteiger partial charge is 0.256 e. The molecule has 0 bridgehead atoms. The predicted octanol–water partition coefficient (Wildman–Crippen LogP) is 2.96. The normalized spacial score (nSPS) is 16.6. The Morgan fingerprint density at radius 1 is 1.25 bits per heavy atom. The fourth-order valence-electron chi connectivity index (χ4n) is 3.42. The number of carbonyl (C=O) groups excluding carboxylic acids is 1. The summed E-state index contributed by atoms with van der Waals surface area (Å²) in [7, 11) is 0. The first-order chi connectivity index (χ1) is 15.6. The van der Waals surface area contributed by atoms with E-state index < -0.39 is 0 Å². The molecule has 8 nitrogen and oxygen atoms in total. The van der Waals surface area contributed by atoms with Crippen LogP contribution in [0.2, 0.25) is 0 Å². The molecule has 1 fully saturated rings. The van der Waals surface area contributed by atoms with E-state index in [1.807, 2.05) is 51.2 Å². The maximum atomic E-state index is 12.7. The maximum Gasteiger partial charge on any atom is 0.256 e. The van der Waals surface area contributed by atoms with Crippen LogP contribution in [0.1, 0.15) is 56.8 Å². The highest BCUT2D eigenvalue weighted by atomic mass is 16.1. The molecule has 1 amide bonds. The zero-order chi connectivity index (χ0) is 23.3. The summed E-state index contributed by atoms with van der Waals surface area (Å²) in [6, 6.07) is 7.50. The number of amides is 1. The van der Waals surface area contributed by atoms with Crippen LogP contribution in [0, 0.1) is 11.5 Å². The molecule has 3 rings (SSSR count). The lowest BCUT2D eigenvalue weighted by Gasteiger charge is -2.28. The van der Waals surface area contributed by atoms with Gasteiger partial charge in [0.25, 0.3) is 5.91 Å². The number of nitrogens with one attached hydrogen (secondary N) is 4. The standard InChI is InChI=1S/C22H29N7O.C2H6/c1-2-18(24)13-20(25-15-23)17-12-21(28-26-14-17)27-22(30)16-6-8-19(9-7-16)29-10-4-3-5-11-29;1-2/h6-9,12-14,18,25-26,28H,2-5,10-11,24H2,1H3,(H,27,30);1-2H3/b20-13-;.